The minimum atomic E-state index is -0.0784. The minimum absolute atomic E-state index is 0.0784. The molecule has 2 N–H and O–H groups in total. The van der Waals surface area contributed by atoms with Crippen molar-refractivity contribution in [3.8, 4) is 0 Å². The van der Waals surface area contributed by atoms with E-state index in [0.717, 1.165) is 40.6 Å². The van der Waals surface area contributed by atoms with Gasteiger partial charge in [-0.05, 0) is 40.9 Å². The van der Waals surface area contributed by atoms with Crippen LogP contribution in [0.4, 0.5) is 5.69 Å². The summed E-state index contributed by atoms with van der Waals surface area (Å²) in [5.74, 6) is 0. The monoisotopic (exact) mass is 337 g/mol. The molecule has 2 aromatic rings. The summed E-state index contributed by atoms with van der Waals surface area (Å²) in [6.45, 7) is 5.14. The van der Waals surface area contributed by atoms with E-state index in [1.165, 1.54) is 0 Å². The molecule has 0 amide bonds. The van der Waals surface area contributed by atoms with E-state index >= 15 is 0 Å². The second-order valence-electron chi connectivity index (χ2n) is 5.10. The fourth-order valence-corrected chi connectivity index (χ4v) is 2.53. The molecular formula is C15H20BrN3O. The van der Waals surface area contributed by atoms with Crippen LogP contribution in [0, 0.1) is 5.41 Å². The predicted molar refractivity (Wildman–Crippen MR) is 85.8 cm³/mol. The summed E-state index contributed by atoms with van der Waals surface area (Å²) in [5.41, 5.74) is 2.59. The minimum Gasteiger partial charge on any atom is -0.396 e. The van der Waals surface area contributed by atoms with Crippen LogP contribution < -0.4 is 5.32 Å². The van der Waals surface area contributed by atoms with Gasteiger partial charge in [0.1, 0.15) is 5.52 Å². The van der Waals surface area contributed by atoms with E-state index in [0.29, 0.717) is 0 Å². The first-order valence-corrected chi connectivity index (χ1v) is 7.68. The SMILES string of the molecule is CCC(CC)(CO)CNc1ccnc2cc(Br)cnc12. The molecule has 2 aromatic heterocycles. The molecule has 0 aliphatic rings. The first kappa shape index (κ1) is 15.2. The van der Waals surface area contributed by atoms with Crippen molar-refractivity contribution in [2.45, 2.75) is 26.7 Å². The van der Waals surface area contributed by atoms with Crippen LogP contribution in [0.5, 0.6) is 0 Å². The molecule has 0 fully saturated rings. The summed E-state index contributed by atoms with van der Waals surface area (Å²) >= 11 is 3.41. The Morgan fingerprint density at radius 3 is 2.70 bits per heavy atom. The number of nitrogens with zero attached hydrogens (tertiary/aromatic N) is 2. The van der Waals surface area contributed by atoms with Gasteiger partial charge in [-0.2, -0.15) is 0 Å². The lowest BCUT2D eigenvalue weighted by Crippen LogP contribution is -2.32. The summed E-state index contributed by atoms with van der Waals surface area (Å²) in [6, 6.07) is 3.88. The lowest BCUT2D eigenvalue weighted by Gasteiger charge is -2.30. The zero-order valence-corrected chi connectivity index (χ0v) is 13.4. The Hall–Kier alpha value is -1.20. The molecule has 0 bridgehead atoms. The van der Waals surface area contributed by atoms with E-state index in [1.807, 2.05) is 12.1 Å². The Kier molecular flexibility index (Phi) is 4.94. The third-order valence-electron chi connectivity index (χ3n) is 4.03. The van der Waals surface area contributed by atoms with E-state index in [2.05, 4.69) is 45.1 Å². The number of fused-ring (bicyclic) bond motifs is 1. The van der Waals surface area contributed by atoms with Crippen LogP contribution >= 0.6 is 15.9 Å². The highest BCUT2D eigenvalue weighted by Gasteiger charge is 2.25. The van der Waals surface area contributed by atoms with Crippen molar-refractivity contribution < 1.29 is 5.11 Å². The molecule has 4 nitrogen and oxygen atoms in total. The van der Waals surface area contributed by atoms with Gasteiger partial charge in [-0.25, -0.2) is 0 Å². The molecule has 0 unspecified atom stereocenters. The van der Waals surface area contributed by atoms with Crippen LogP contribution in [0.15, 0.2) is 29.0 Å². The summed E-state index contributed by atoms with van der Waals surface area (Å²) in [5, 5.41) is 13.1. The van der Waals surface area contributed by atoms with Crippen LogP contribution in [-0.4, -0.2) is 28.2 Å². The maximum atomic E-state index is 9.63. The number of hydrogen-bond donors (Lipinski definition) is 2. The van der Waals surface area contributed by atoms with Gasteiger partial charge in [0, 0.05) is 28.8 Å². The average molecular weight is 338 g/mol. The molecule has 2 heterocycles. The molecule has 0 aromatic carbocycles. The van der Waals surface area contributed by atoms with Crippen molar-refractivity contribution in [2.75, 3.05) is 18.5 Å². The number of aromatic nitrogens is 2. The normalized spacial score (nSPS) is 11.8. The number of hydrogen-bond acceptors (Lipinski definition) is 4. The lowest BCUT2D eigenvalue weighted by atomic mass is 9.83. The summed E-state index contributed by atoms with van der Waals surface area (Å²) in [7, 11) is 0. The van der Waals surface area contributed by atoms with Gasteiger partial charge in [0.25, 0.3) is 0 Å². The zero-order valence-electron chi connectivity index (χ0n) is 11.9. The number of anilines is 1. The summed E-state index contributed by atoms with van der Waals surface area (Å²) in [6.07, 6.45) is 5.43. The van der Waals surface area contributed by atoms with Crippen LogP contribution in [-0.2, 0) is 0 Å². The van der Waals surface area contributed by atoms with Crippen molar-refractivity contribution in [1.29, 1.82) is 0 Å². The van der Waals surface area contributed by atoms with Gasteiger partial charge in [0.05, 0.1) is 17.8 Å². The quantitative estimate of drug-likeness (QED) is 0.845. The molecule has 0 aliphatic carbocycles. The topological polar surface area (TPSA) is 58.0 Å². The van der Waals surface area contributed by atoms with Crippen molar-refractivity contribution in [2.24, 2.45) is 5.41 Å². The molecule has 20 heavy (non-hydrogen) atoms. The number of aliphatic hydroxyl groups is 1. The highest BCUT2D eigenvalue weighted by molar-refractivity contribution is 9.10. The highest BCUT2D eigenvalue weighted by atomic mass is 79.9. The third-order valence-corrected chi connectivity index (χ3v) is 4.47. The zero-order chi connectivity index (χ0) is 14.6. The molecule has 0 saturated carbocycles. The van der Waals surface area contributed by atoms with Crippen LogP contribution in [0.25, 0.3) is 11.0 Å². The fourth-order valence-electron chi connectivity index (χ4n) is 2.21. The van der Waals surface area contributed by atoms with Gasteiger partial charge in [-0.3, -0.25) is 9.97 Å². The first-order valence-electron chi connectivity index (χ1n) is 6.89. The van der Waals surface area contributed by atoms with Gasteiger partial charge in [-0.15, -0.1) is 0 Å². The molecule has 5 heteroatoms. The fraction of sp³-hybridized carbons (Fsp3) is 0.467. The molecule has 0 radical (unpaired) electrons. The molecule has 0 spiro atoms. The van der Waals surface area contributed by atoms with Gasteiger partial charge in [-0.1, -0.05) is 13.8 Å². The largest absolute Gasteiger partial charge is 0.396 e. The number of nitrogens with one attached hydrogen (secondary N) is 1. The molecule has 0 atom stereocenters. The lowest BCUT2D eigenvalue weighted by molar-refractivity contribution is 0.127. The Labute approximate surface area is 127 Å². The van der Waals surface area contributed by atoms with Crippen molar-refractivity contribution >= 4 is 32.7 Å². The molecule has 108 valence electrons. The van der Waals surface area contributed by atoms with Crippen molar-refractivity contribution in [3.05, 3.63) is 29.0 Å². The molecular weight excluding hydrogens is 318 g/mol. The van der Waals surface area contributed by atoms with Gasteiger partial charge in [0.2, 0.25) is 0 Å². The van der Waals surface area contributed by atoms with Gasteiger partial charge in [0.15, 0.2) is 0 Å². The van der Waals surface area contributed by atoms with E-state index in [1.54, 1.807) is 12.4 Å². The molecule has 0 saturated heterocycles. The smallest absolute Gasteiger partial charge is 0.112 e. The number of aliphatic hydroxyl groups excluding tert-OH is 1. The van der Waals surface area contributed by atoms with Gasteiger partial charge >= 0.3 is 0 Å². The van der Waals surface area contributed by atoms with Crippen LogP contribution in [0.2, 0.25) is 0 Å². The van der Waals surface area contributed by atoms with Gasteiger partial charge < -0.3 is 10.4 Å². The van der Waals surface area contributed by atoms with E-state index in [-0.39, 0.29) is 12.0 Å². The van der Waals surface area contributed by atoms with Crippen molar-refractivity contribution in [3.63, 3.8) is 0 Å². The van der Waals surface area contributed by atoms with Crippen LogP contribution in [0.3, 0.4) is 0 Å². The number of pyridine rings is 2. The van der Waals surface area contributed by atoms with E-state index in [4.69, 9.17) is 0 Å². The Bertz CT molecular complexity index is 576. The van der Waals surface area contributed by atoms with E-state index in [9.17, 15) is 5.11 Å². The Balaban J connectivity index is 2.26. The second-order valence-corrected chi connectivity index (χ2v) is 6.01. The van der Waals surface area contributed by atoms with Crippen LogP contribution in [0.1, 0.15) is 26.7 Å². The second kappa shape index (κ2) is 6.50. The summed E-state index contributed by atoms with van der Waals surface area (Å²) < 4.78 is 0.918. The van der Waals surface area contributed by atoms with Crippen molar-refractivity contribution in [1.82, 2.24) is 9.97 Å². The third kappa shape index (κ3) is 3.10. The standard InChI is InChI=1S/C15H20BrN3O/c1-3-15(4-2,10-20)9-19-12-5-6-17-13-7-11(16)8-18-14(12)13/h5-8,20H,3-4,9-10H2,1-2H3,(H,17,19). The maximum absolute atomic E-state index is 9.63. The predicted octanol–water partition coefficient (Wildman–Crippen LogP) is 3.60. The summed E-state index contributed by atoms with van der Waals surface area (Å²) in [4.78, 5) is 8.75. The Morgan fingerprint density at radius 1 is 1.30 bits per heavy atom. The number of rotatable bonds is 6. The Morgan fingerprint density at radius 2 is 2.05 bits per heavy atom. The average Bonchev–Trinajstić information content (AvgIpc) is 2.49. The molecule has 0 aliphatic heterocycles. The first-order chi connectivity index (χ1) is 9.64. The number of halogens is 1. The molecule has 2 rings (SSSR count). The highest BCUT2D eigenvalue weighted by Crippen LogP contribution is 2.28. The maximum Gasteiger partial charge on any atom is 0.112 e. The van der Waals surface area contributed by atoms with E-state index < -0.39 is 0 Å².